The average Bonchev–Trinajstić information content (AvgIpc) is 2.99. The van der Waals surface area contributed by atoms with Crippen molar-refractivity contribution in [2.75, 3.05) is 20.6 Å². The van der Waals surface area contributed by atoms with E-state index in [4.69, 9.17) is 11.6 Å². The van der Waals surface area contributed by atoms with Crippen LogP contribution in [-0.4, -0.2) is 41.3 Å². The molecule has 0 atom stereocenters. The van der Waals surface area contributed by atoms with E-state index >= 15 is 0 Å². The number of para-hydroxylation sites is 1. The van der Waals surface area contributed by atoms with Crippen LogP contribution in [0.3, 0.4) is 0 Å². The molecule has 0 aliphatic heterocycles. The van der Waals surface area contributed by atoms with Gasteiger partial charge in [0.2, 0.25) is 5.91 Å². The molecule has 0 unspecified atom stereocenters. The zero-order valence-electron chi connectivity index (χ0n) is 14.3. The molecular formula is C19H20ClN3OS. The van der Waals surface area contributed by atoms with E-state index in [0.717, 1.165) is 25.8 Å². The molecule has 3 rings (SSSR count). The third kappa shape index (κ3) is 4.57. The lowest BCUT2D eigenvalue weighted by molar-refractivity contribution is -0.131. The predicted molar refractivity (Wildman–Crippen MR) is 104 cm³/mol. The molecule has 2 aromatic carbocycles. The molecule has 4 nitrogen and oxygen atoms in total. The van der Waals surface area contributed by atoms with Gasteiger partial charge >= 0.3 is 0 Å². The van der Waals surface area contributed by atoms with Crippen molar-refractivity contribution in [3.8, 4) is 0 Å². The number of hydrogen-bond acceptors (Lipinski definition) is 4. The molecule has 6 heteroatoms. The zero-order valence-corrected chi connectivity index (χ0v) is 15.8. The van der Waals surface area contributed by atoms with Crippen LogP contribution in [0.5, 0.6) is 0 Å². The lowest BCUT2D eigenvalue weighted by Gasteiger charge is -2.21. The monoisotopic (exact) mass is 373 g/mol. The summed E-state index contributed by atoms with van der Waals surface area (Å²) in [6.45, 7) is 1.51. The summed E-state index contributed by atoms with van der Waals surface area (Å²) in [5.41, 5.74) is 2.01. The molecule has 0 saturated heterocycles. The smallest absolute Gasteiger partial charge is 0.236 e. The first-order chi connectivity index (χ1) is 12.0. The average molecular weight is 374 g/mol. The van der Waals surface area contributed by atoms with E-state index < -0.39 is 0 Å². The Morgan fingerprint density at radius 2 is 1.80 bits per heavy atom. The Morgan fingerprint density at radius 1 is 1.08 bits per heavy atom. The van der Waals surface area contributed by atoms with Gasteiger partial charge in [-0.2, -0.15) is 0 Å². The second-order valence-corrected chi connectivity index (χ2v) is 7.61. The van der Waals surface area contributed by atoms with Crippen molar-refractivity contribution in [1.29, 1.82) is 0 Å². The number of likely N-dealkylation sites (N-methyl/N-ethyl adjacent to an activating group) is 2. The largest absolute Gasteiger partial charge is 0.338 e. The summed E-state index contributed by atoms with van der Waals surface area (Å²) in [7, 11) is 3.74. The number of fused-ring (bicyclic) bond motifs is 1. The normalized spacial score (nSPS) is 11.2. The van der Waals surface area contributed by atoms with Gasteiger partial charge in [-0.25, -0.2) is 4.98 Å². The Morgan fingerprint density at radius 3 is 2.56 bits per heavy atom. The SMILES string of the molecule is CN(CC(=O)N(C)Cc1nc2ccccc2s1)Cc1ccccc1Cl. The number of aromatic nitrogens is 1. The highest BCUT2D eigenvalue weighted by molar-refractivity contribution is 7.18. The Labute approximate surface area is 156 Å². The van der Waals surface area contributed by atoms with Gasteiger partial charge in [0.15, 0.2) is 0 Å². The summed E-state index contributed by atoms with van der Waals surface area (Å²) in [4.78, 5) is 20.8. The molecule has 0 radical (unpaired) electrons. The molecule has 0 fully saturated rings. The minimum absolute atomic E-state index is 0.0637. The number of carbonyl (C=O) groups is 1. The van der Waals surface area contributed by atoms with E-state index in [2.05, 4.69) is 11.1 Å². The molecule has 0 bridgehead atoms. The van der Waals surface area contributed by atoms with Gasteiger partial charge in [0.1, 0.15) is 5.01 Å². The number of nitrogens with zero attached hydrogens (tertiary/aromatic N) is 3. The first-order valence-corrected chi connectivity index (χ1v) is 9.23. The van der Waals surface area contributed by atoms with Gasteiger partial charge in [-0.3, -0.25) is 9.69 Å². The lowest BCUT2D eigenvalue weighted by Crippen LogP contribution is -2.36. The number of thiazole rings is 1. The number of hydrogen-bond donors (Lipinski definition) is 0. The van der Waals surface area contributed by atoms with Gasteiger partial charge in [0.25, 0.3) is 0 Å². The van der Waals surface area contributed by atoms with Crippen LogP contribution in [0.15, 0.2) is 48.5 Å². The molecule has 1 heterocycles. The number of benzene rings is 2. The summed E-state index contributed by atoms with van der Waals surface area (Å²) in [6, 6.07) is 15.7. The van der Waals surface area contributed by atoms with E-state index in [9.17, 15) is 4.79 Å². The van der Waals surface area contributed by atoms with Crippen LogP contribution < -0.4 is 0 Å². The lowest BCUT2D eigenvalue weighted by atomic mass is 10.2. The molecule has 130 valence electrons. The maximum atomic E-state index is 12.5. The van der Waals surface area contributed by atoms with Crippen molar-refractivity contribution in [2.45, 2.75) is 13.1 Å². The Hall–Kier alpha value is -1.95. The van der Waals surface area contributed by atoms with E-state index in [1.54, 1.807) is 16.2 Å². The Balaban J connectivity index is 1.57. The molecule has 0 aliphatic rings. The zero-order chi connectivity index (χ0) is 17.8. The van der Waals surface area contributed by atoms with Gasteiger partial charge in [-0.05, 0) is 30.8 Å². The first kappa shape index (κ1) is 17.9. The van der Waals surface area contributed by atoms with E-state index in [1.165, 1.54) is 0 Å². The number of rotatable bonds is 6. The van der Waals surface area contributed by atoms with Crippen LogP contribution in [0, 0.1) is 0 Å². The molecule has 3 aromatic rings. The van der Waals surface area contributed by atoms with Crippen LogP contribution in [-0.2, 0) is 17.9 Å². The van der Waals surface area contributed by atoms with Crippen LogP contribution in [0.2, 0.25) is 5.02 Å². The molecule has 0 spiro atoms. The van der Waals surface area contributed by atoms with E-state index in [0.29, 0.717) is 19.6 Å². The van der Waals surface area contributed by atoms with Crippen molar-refractivity contribution in [3.63, 3.8) is 0 Å². The fourth-order valence-electron chi connectivity index (χ4n) is 2.60. The van der Waals surface area contributed by atoms with Gasteiger partial charge in [0, 0.05) is 18.6 Å². The molecule has 0 N–H and O–H groups in total. The predicted octanol–water partition coefficient (Wildman–Crippen LogP) is 4.04. The molecule has 1 aromatic heterocycles. The standard InChI is InChI=1S/C19H20ClN3OS/c1-22(11-14-7-3-4-8-15(14)20)13-19(24)23(2)12-18-21-16-9-5-6-10-17(16)25-18/h3-10H,11-13H2,1-2H3. The van der Waals surface area contributed by atoms with Crippen molar-refractivity contribution >= 4 is 39.1 Å². The number of halogens is 1. The maximum Gasteiger partial charge on any atom is 0.236 e. The number of carbonyl (C=O) groups excluding carboxylic acids is 1. The van der Waals surface area contributed by atoms with Crippen molar-refractivity contribution < 1.29 is 4.79 Å². The summed E-state index contributed by atoms with van der Waals surface area (Å²) >= 11 is 7.81. The summed E-state index contributed by atoms with van der Waals surface area (Å²) in [5, 5.41) is 1.68. The highest BCUT2D eigenvalue weighted by atomic mass is 35.5. The third-order valence-electron chi connectivity index (χ3n) is 3.94. The maximum absolute atomic E-state index is 12.5. The van der Waals surface area contributed by atoms with Crippen LogP contribution in [0.1, 0.15) is 10.6 Å². The number of amides is 1. The Kier molecular flexibility index (Phi) is 5.68. The van der Waals surface area contributed by atoms with Crippen molar-refractivity contribution in [3.05, 3.63) is 64.1 Å². The minimum atomic E-state index is 0.0637. The fourth-order valence-corrected chi connectivity index (χ4v) is 3.82. The quantitative estimate of drug-likeness (QED) is 0.654. The van der Waals surface area contributed by atoms with Gasteiger partial charge < -0.3 is 4.90 Å². The molecular weight excluding hydrogens is 354 g/mol. The van der Waals surface area contributed by atoms with E-state index in [-0.39, 0.29) is 5.91 Å². The van der Waals surface area contributed by atoms with Crippen LogP contribution >= 0.6 is 22.9 Å². The molecule has 0 saturated carbocycles. The van der Waals surface area contributed by atoms with Crippen LogP contribution in [0.4, 0.5) is 0 Å². The van der Waals surface area contributed by atoms with Crippen LogP contribution in [0.25, 0.3) is 10.2 Å². The van der Waals surface area contributed by atoms with Gasteiger partial charge in [-0.1, -0.05) is 41.9 Å². The van der Waals surface area contributed by atoms with Gasteiger partial charge in [-0.15, -0.1) is 11.3 Å². The summed E-state index contributed by atoms with van der Waals surface area (Å²) < 4.78 is 1.15. The molecule has 25 heavy (non-hydrogen) atoms. The topological polar surface area (TPSA) is 36.4 Å². The highest BCUT2D eigenvalue weighted by Gasteiger charge is 2.15. The summed E-state index contributed by atoms with van der Waals surface area (Å²) in [5.74, 6) is 0.0637. The highest BCUT2D eigenvalue weighted by Crippen LogP contribution is 2.22. The summed E-state index contributed by atoms with van der Waals surface area (Å²) in [6.07, 6.45) is 0. The third-order valence-corrected chi connectivity index (χ3v) is 5.33. The van der Waals surface area contributed by atoms with Crippen molar-refractivity contribution in [1.82, 2.24) is 14.8 Å². The molecule has 0 aliphatic carbocycles. The van der Waals surface area contributed by atoms with Gasteiger partial charge in [0.05, 0.1) is 23.3 Å². The first-order valence-electron chi connectivity index (χ1n) is 8.03. The second-order valence-electron chi connectivity index (χ2n) is 6.09. The van der Waals surface area contributed by atoms with E-state index in [1.807, 2.05) is 61.5 Å². The van der Waals surface area contributed by atoms with Crippen molar-refractivity contribution in [2.24, 2.45) is 0 Å². The Bertz CT molecular complexity index is 847. The second kappa shape index (κ2) is 7.95. The minimum Gasteiger partial charge on any atom is -0.338 e. The fraction of sp³-hybridized carbons (Fsp3) is 0.263. The molecule has 1 amide bonds.